The SMILES string of the molecule is O=C(NCCSc1ccc(Cl)cc1)[C@@H]1C[C@H]2CC[C@H]1C2. The van der Waals surface area contributed by atoms with Crippen LogP contribution in [0.15, 0.2) is 29.2 Å². The van der Waals surface area contributed by atoms with Gasteiger partial charge in [-0.05, 0) is 55.4 Å². The third-order valence-electron chi connectivity index (χ3n) is 4.56. The van der Waals surface area contributed by atoms with Crippen LogP contribution in [-0.4, -0.2) is 18.2 Å². The van der Waals surface area contributed by atoms with Crippen LogP contribution in [0.1, 0.15) is 25.7 Å². The molecule has 2 bridgehead atoms. The van der Waals surface area contributed by atoms with Crippen molar-refractivity contribution in [1.29, 1.82) is 0 Å². The van der Waals surface area contributed by atoms with Crippen LogP contribution in [0.4, 0.5) is 0 Å². The van der Waals surface area contributed by atoms with Crippen molar-refractivity contribution in [3.8, 4) is 0 Å². The number of carbonyl (C=O) groups is 1. The third kappa shape index (κ3) is 3.32. The number of fused-ring (bicyclic) bond motifs is 2. The molecule has 3 atom stereocenters. The summed E-state index contributed by atoms with van der Waals surface area (Å²) in [5.74, 6) is 3.00. The molecule has 0 saturated heterocycles. The summed E-state index contributed by atoms with van der Waals surface area (Å²) in [6.07, 6.45) is 5.03. The Morgan fingerprint density at radius 2 is 2.05 bits per heavy atom. The number of thioether (sulfide) groups is 1. The summed E-state index contributed by atoms with van der Waals surface area (Å²) in [5.41, 5.74) is 0. The fourth-order valence-electron chi connectivity index (χ4n) is 3.57. The molecule has 0 spiro atoms. The lowest BCUT2D eigenvalue weighted by atomic mass is 9.88. The smallest absolute Gasteiger partial charge is 0.223 e. The monoisotopic (exact) mass is 309 g/mol. The van der Waals surface area contributed by atoms with Gasteiger partial charge in [0.15, 0.2) is 0 Å². The second-order valence-electron chi connectivity index (χ2n) is 5.87. The molecule has 1 amide bonds. The van der Waals surface area contributed by atoms with E-state index in [1.807, 2.05) is 24.3 Å². The normalized spacial score (nSPS) is 27.8. The van der Waals surface area contributed by atoms with E-state index in [-0.39, 0.29) is 5.91 Å². The fraction of sp³-hybridized carbons (Fsp3) is 0.562. The van der Waals surface area contributed by atoms with Crippen LogP contribution in [-0.2, 0) is 4.79 Å². The second kappa shape index (κ2) is 6.40. The minimum absolute atomic E-state index is 0.286. The van der Waals surface area contributed by atoms with Crippen LogP contribution in [0.2, 0.25) is 5.02 Å². The molecule has 0 radical (unpaired) electrons. The van der Waals surface area contributed by atoms with Gasteiger partial charge in [0, 0.05) is 28.1 Å². The van der Waals surface area contributed by atoms with Gasteiger partial charge in [-0.3, -0.25) is 4.79 Å². The average Bonchev–Trinajstić information content (AvgIpc) is 3.08. The Kier molecular flexibility index (Phi) is 4.57. The first-order valence-corrected chi connectivity index (χ1v) is 8.75. The molecule has 0 heterocycles. The second-order valence-corrected chi connectivity index (χ2v) is 7.48. The zero-order valence-electron chi connectivity index (χ0n) is 11.5. The standard InChI is InChI=1S/C16H20ClNOS/c17-13-3-5-14(6-4-13)20-8-7-18-16(19)15-10-11-1-2-12(15)9-11/h3-6,11-12,15H,1-2,7-10H2,(H,18,19)/t11-,12-,15+/m0/s1. The van der Waals surface area contributed by atoms with E-state index in [1.165, 1.54) is 24.2 Å². The minimum atomic E-state index is 0.286. The molecule has 2 aliphatic carbocycles. The van der Waals surface area contributed by atoms with E-state index in [9.17, 15) is 4.79 Å². The largest absolute Gasteiger partial charge is 0.355 e. The lowest BCUT2D eigenvalue weighted by Gasteiger charge is -2.20. The molecule has 20 heavy (non-hydrogen) atoms. The van der Waals surface area contributed by atoms with Crippen molar-refractivity contribution in [3.63, 3.8) is 0 Å². The quantitative estimate of drug-likeness (QED) is 0.658. The molecule has 1 aromatic carbocycles. The number of hydrogen-bond donors (Lipinski definition) is 1. The molecule has 2 aliphatic rings. The minimum Gasteiger partial charge on any atom is -0.355 e. The Labute approximate surface area is 129 Å². The van der Waals surface area contributed by atoms with E-state index in [0.29, 0.717) is 11.8 Å². The van der Waals surface area contributed by atoms with Gasteiger partial charge in [0.2, 0.25) is 5.91 Å². The number of rotatable bonds is 5. The van der Waals surface area contributed by atoms with Crippen molar-refractivity contribution in [3.05, 3.63) is 29.3 Å². The molecule has 1 aromatic rings. The molecule has 3 rings (SSSR count). The van der Waals surface area contributed by atoms with Crippen molar-refractivity contribution in [2.24, 2.45) is 17.8 Å². The van der Waals surface area contributed by atoms with Gasteiger partial charge in [0.1, 0.15) is 0 Å². The third-order valence-corrected chi connectivity index (χ3v) is 5.82. The number of hydrogen-bond acceptors (Lipinski definition) is 2. The van der Waals surface area contributed by atoms with Crippen molar-refractivity contribution < 1.29 is 4.79 Å². The van der Waals surface area contributed by atoms with E-state index in [2.05, 4.69) is 5.32 Å². The summed E-state index contributed by atoms with van der Waals surface area (Å²) in [7, 11) is 0. The first-order valence-electron chi connectivity index (χ1n) is 7.38. The first-order chi connectivity index (χ1) is 9.72. The maximum Gasteiger partial charge on any atom is 0.223 e. The van der Waals surface area contributed by atoms with Gasteiger partial charge >= 0.3 is 0 Å². The van der Waals surface area contributed by atoms with Crippen LogP contribution in [0, 0.1) is 17.8 Å². The Bertz CT molecular complexity index is 476. The highest BCUT2D eigenvalue weighted by Gasteiger charge is 2.42. The highest BCUT2D eigenvalue weighted by atomic mass is 35.5. The Morgan fingerprint density at radius 1 is 1.25 bits per heavy atom. The number of halogens is 1. The number of benzene rings is 1. The molecule has 2 saturated carbocycles. The van der Waals surface area contributed by atoms with Gasteiger partial charge in [0.25, 0.3) is 0 Å². The van der Waals surface area contributed by atoms with Gasteiger partial charge in [-0.15, -0.1) is 11.8 Å². The van der Waals surface area contributed by atoms with Gasteiger partial charge < -0.3 is 5.32 Å². The maximum absolute atomic E-state index is 12.2. The highest BCUT2D eigenvalue weighted by Crippen LogP contribution is 2.48. The van der Waals surface area contributed by atoms with Crippen LogP contribution in [0.5, 0.6) is 0 Å². The zero-order chi connectivity index (χ0) is 13.9. The van der Waals surface area contributed by atoms with Gasteiger partial charge in [-0.2, -0.15) is 0 Å². The topological polar surface area (TPSA) is 29.1 Å². The molecule has 4 heteroatoms. The van der Waals surface area contributed by atoms with Crippen molar-refractivity contribution in [1.82, 2.24) is 5.32 Å². The molecular formula is C16H20ClNOS. The summed E-state index contributed by atoms with van der Waals surface area (Å²) >= 11 is 7.61. The van der Waals surface area contributed by atoms with Gasteiger partial charge in [-0.25, -0.2) is 0 Å². The van der Waals surface area contributed by atoms with Gasteiger partial charge in [-0.1, -0.05) is 18.0 Å². The highest BCUT2D eigenvalue weighted by molar-refractivity contribution is 7.99. The van der Waals surface area contributed by atoms with Crippen LogP contribution >= 0.6 is 23.4 Å². The molecule has 1 N–H and O–H groups in total. The number of carbonyl (C=O) groups excluding carboxylic acids is 1. The Morgan fingerprint density at radius 3 is 2.70 bits per heavy atom. The van der Waals surface area contributed by atoms with E-state index >= 15 is 0 Å². The molecule has 2 nitrogen and oxygen atoms in total. The molecular weight excluding hydrogens is 290 g/mol. The summed E-state index contributed by atoms with van der Waals surface area (Å²) < 4.78 is 0. The summed E-state index contributed by atoms with van der Waals surface area (Å²) in [4.78, 5) is 13.4. The molecule has 0 aromatic heterocycles. The van der Waals surface area contributed by atoms with E-state index in [4.69, 9.17) is 11.6 Å². The van der Waals surface area contributed by atoms with Crippen LogP contribution in [0.3, 0.4) is 0 Å². The Hall–Kier alpha value is -0.670. The van der Waals surface area contributed by atoms with E-state index in [1.54, 1.807) is 11.8 Å². The summed E-state index contributed by atoms with van der Waals surface area (Å²) in [6.45, 7) is 0.750. The van der Waals surface area contributed by atoms with Crippen LogP contribution in [0.25, 0.3) is 0 Å². The van der Waals surface area contributed by atoms with Crippen molar-refractivity contribution >= 4 is 29.3 Å². The van der Waals surface area contributed by atoms with Crippen molar-refractivity contribution in [2.45, 2.75) is 30.6 Å². The predicted molar refractivity (Wildman–Crippen MR) is 84.1 cm³/mol. The summed E-state index contributed by atoms with van der Waals surface area (Å²) in [6, 6.07) is 7.84. The average molecular weight is 310 g/mol. The van der Waals surface area contributed by atoms with E-state index in [0.717, 1.165) is 29.7 Å². The number of amides is 1. The fourth-order valence-corrected chi connectivity index (χ4v) is 4.47. The Balaban J connectivity index is 1.37. The first kappa shape index (κ1) is 14.3. The predicted octanol–water partition coefficient (Wildman–Crippen LogP) is 3.98. The molecule has 0 aliphatic heterocycles. The van der Waals surface area contributed by atoms with Crippen LogP contribution < -0.4 is 5.32 Å². The van der Waals surface area contributed by atoms with Gasteiger partial charge in [0.05, 0.1) is 0 Å². The summed E-state index contributed by atoms with van der Waals surface area (Å²) in [5, 5.41) is 3.87. The van der Waals surface area contributed by atoms with Crippen molar-refractivity contribution in [2.75, 3.05) is 12.3 Å². The molecule has 0 unspecified atom stereocenters. The van der Waals surface area contributed by atoms with E-state index < -0.39 is 0 Å². The zero-order valence-corrected chi connectivity index (χ0v) is 13.1. The lowest BCUT2D eigenvalue weighted by molar-refractivity contribution is -0.126. The molecule has 108 valence electrons. The molecule has 2 fully saturated rings. The lowest BCUT2D eigenvalue weighted by Crippen LogP contribution is -2.34. The number of nitrogens with one attached hydrogen (secondary N) is 1. The maximum atomic E-state index is 12.2.